The smallest absolute Gasteiger partial charge is 0.257 e. The molecular weight excluding hydrogens is 421 g/mol. The van der Waals surface area contributed by atoms with Gasteiger partial charge in [0, 0.05) is 74.4 Å². The summed E-state index contributed by atoms with van der Waals surface area (Å²) in [6.07, 6.45) is 7.95. The molecule has 1 aromatic carbocycles. The molecule has 2 aliphatic rings. The summed E-state index contributed by atoms with van der Waals surface area (Å²) in [6.45, 7) is 4.86. The number of nitrogens with zero attached hydrogens (tertiary/aromatic N) is 5. The zero-order chi connectivity index (χ0) is 22.7. The number of carbonyl (C=O) groups is 1. The van der Waals surface area contributed by atoms with E-state index in [-0.39, 0.29) is 11.6 Å². The molecule has 1 aliphatic heterocycles. The number of hydrogen-bond acceptors (Lipinski definition) is 5. The number of rotatable bonds is 6. The number of aryl methyl sites for hydroxylation is 2. The first kappa shape index (κ1) is 20.2. The Morgan fingerprint density at radius 2 is 2.03 bits per heavy atom. The van der Waals surface area contributed by atoms with E-state index in [1.54, 1.807) is 28.4 Å². The van der Waals surface area contributed by atoms with E-state index >= 15 is 0 Å². The highest BCUT2D eigenvalue weighted by Crippen LogP contribution is 2.33. The first-order valence-electron chi connectivity index (χ1n) is 11.4. The van der Waals surface area contributed by atoms with Crippen LogP contribution in [-0.2, 0) is 7.05 Å². The normalized spacial score (nSPS) is 16.5. The maximum atomic E-state index is 14.4. The van der Waals surface area contributed by atoms with Crippen molar-refractivity contribution in [3.63, 3.8) is 0 Å². The van der Waals surface area contributed by atoms with Gasteiger partial charge < -0.3 is 19.9 Å². The molecule has 8 nitrogen and oxygen atoms in total. The monoisotopic (exact) mass is 447 g/mol. The summed E-state index contributed by atoms with van der Waals surface area (Å²) >= 11 is 0. The van der Waals surface area contributed by atoms with Crippen LogP contribution in [0.15, 0.2) is 36.8 Å². The number of hydrogen-bond donors (Lipinski definition) is 2. The Labute approximate surface area is 190 Å². The summed E-state index contributed by atoms with van der Waals surface area (Å²) in [7, 11) is 1.86. The largest absolute Gasteiger partial charge is 0.370 e. The predicted octanol–water partition coefficient (Wildman–Crippen LogP) is 3.11. The van der Waals surface area contributed by atoms with E-state index in [0.29, 0.717) is 28.4 Å². The summed E-state index contributed by atoms with van der Waals surface area (Å²) in [6, 6.07) is 5.83. The lowest BCUT2D eigenvalue weighted by atomic mass is 9.97. The number of amides is 1. The van der Waals surface area contributed by atoms with Crippen LogP contribution >= 0.6 is 0 Å². The van der Waals surface area contributed by atoms with Gasteiger partial charge in [0.05, 0.1) is 16.9 Å². The average molecular weight is 448 g/mol. The lowest BCUT2D eigenvalue weighted by Crippen LogP contribution is -2.51. The SMILES string of the molecule is Cc1cn2cc(NC(=O)c3ccc(N4CC(CNC5CC5)C4)c4cn(C)nc34)cc(F)c2n1. The molecule has 170 valence electrons. The number of benzene rings is 1. The van der Waals surface area contributed by atoms with Gasteiger partial charge in [0.1, 0.15) is 5.52 Å². The van der Waals surface area contributed by atoms with Crippen LogP contribution in [0, 0.1) is 18.7 Å². The summed E-state index contributed by atoms with van der Waals surface area (Å²) < 4.78 is 17.7. The van der Waals surface area contributed by atoms with Gasteiger partial charge in [-0.1, -0.05) is 0 Å². The maximum absolute atomic E-state index is 14.4. The molecule has 2 fully saturated rings. The number of anilines is 2. The fraction of sp³-hybridized carbons (Fsp3) is 0.375. The molecule has 4 aromatic rings. The summed E-state index contributed by atoms with van der Waals surface area (Å²) in [5, 5.41) is 11.9. The second kappa shape index (κ2) is 7.55. The second-order valence-corrected chi connectivity index (χ2v) is 9.29. The molecule has 9 heteroatoms. The van der Waals surface area contributed by atoms with Crippen molar-refractivity contribution in [1.82, 2.24) is 24.5 Å². The Bertz CT molecular complexity index is 1380. The number of imidazole rings is 1. The van der Waals surface area contributed by atoms with E-state index in [2.05, 4.69) is 25.6 Å². The molecule has 1 saturated heterocycles. The van der Waals surface area contributed by atoms with Crippen LogP contribution in [-0.4, -0.2) is 50.7 Å². The Kier molecular flexibility index (Phi) is 4.62. The third kappa shape index (κ3) is 3.72. The summed E-state index contributed by atoms with van der Waals surface area (Å²) in [4.78, 5) is 19.6. The van der Waals surface area contributed by atoms with E-state index in [1.165, 1.54) is 18.9 Å². The number of nitrogens with one attached hydrogen (secondary N) is 2. The Balaban J connectivity index is 1.24. The Morgan fingerprint density at radius 1 is 1.21 bits per heavy atom. The van der Waals surface area contributed by atoms with Crippen LogP contribution in [0.25, 0.3) is 16.6 Å². The minimum atomic E-state index is -0.484. The van der Waals surface area contributed by atoms with E-state index in [9.17, 15) is 9.18 Å². The summed E-state index contributed by atoms with van der Waals surface area (Å²) in [5.74, 6) is -0.157. The van der Waals surface area contributed by atoms with Crippen molar-refractivity contribution in [2.45, 2.75) is 25.8 Å². The minimum Gasteiger partial charge on any atom is -0.370 e. The molecule has 1 amide bonds. The van der Waals surface area contributed by atoms with Crippen LogP contribution in [0.3, 0.4) is 0 Å². The molecule has 33 heavy (non-hydrogen) atoms. The lowest BCUT2D eigenvalue weighted by Gasteiger charge is -2.41. The van der Waals surface area contributed by atoms with E-state index < -0.39 is 5.82 Å². The molecular formula is C24H26FN7O. The van der Waals surface area contributed by atoms with Gasteiger partial charge in [-0.15, -0.1) is 0 Å². The molecule has 0 spiro atoms. The van der Waals surface area contributed by atoms with Gasteiger partial charge in [-0.05, 0) is 31.9 Å². The summed E-state index contributed by atoms with van der Waals surface area (Å²) in [5.41, 5.74) is 3.51. The zero-order valence-corrected chi connectivity index (χ0v) is 18.7. The molecule has 3 aromatic heterocycles. The van der Waals surface area contributed by atoms with Crippen LogP contribution in [0.2, 0.25) is 0 Å². The molecule has 2 N–H and O–H groups in total. The van der Waals surface area contributed by atoms with Gasteiger partial charge in [0.2, 0.25) is 0 Å². The van der Waals surface area contributed by atoms with Crippen LogP contribution in [0.1, 0.15) is 28.9 Å². The highest BCUT2D eigenvalue weighted by molar-refractivity contribution is 6.14. The van der Waals surface area contributed by atoms with Crippen molar-refractivity contribution < 1.29 is 9.18 Å². The highest BCUT2D eigenvalue weighted by Gasteiger charge is 2.31. The van der Waals surface area contributed by atoms with Crippen LogP contribution in [0.5, 0.6) is 0 Å². The number of aromatic nitrogens is 4. The van der Waals surface area contributed by atoms with Gasteiger partial charge in [-0.2, -0.15) is 5.10 Å². The molecule has 1 aliphatic carbocycles. The van der Waals surface area contributed by atoms with Crippen molar-refractivity contribution in [2.24, 2.45) is 13.0 Å². The predicted molar refractivity (Wildman–Crippen MR) is 125 cm³/mol. The Hall–Kier alpha value is -3.46. The average Bonchev–Trinajstić information content (AvgIpc) is 3.35. The molecule has 4 heterocycles. The van der Waals surface area contributed by atoms with Crippen molar-refractivity contribution >= 4 is 33.8 Å². The van der Waals surface area contributed by atoms with E-state index in [1.807, 2.05) is 25.4 Å². The lowest BCUT2D eigenvalue weighted by molar-refractivity contribution is 0.102. The van der Waals surface area contributed by atoms with Crippen LogP contribution in [0.4, 0.5) is 15.8 Å². The van der Waals surface area contributed by atoms with Crippen molar-refractivity contribution in [1.29, 1.82) is 0 Å². The standard InChI is InChI=1S/C24H26FN7O/c1-14-9-32-12-17(7-20(25)23(32)27-14)28-24(33)18-5-6-21(19-13-30(2)29-22(18)19)31-10-15(11-31)8-26-16-3-4-16/h5-7,9,12-13,15-16,26H,3-4,8,10-11H2,1-2H3,(H,28,33). The first-order chi connectivity index (χ1) is 15.9. The van der Waals surface area contributed by atoms with E-state index in [4.69, 9.17) is 0 Å². The molecule has 1 saturated carbocycles. The Morgan fingerprint density at radius 3 is 2.82 bits per heavy atom. The minimum absolute atomic E-state index is 0.238. The quantitative estimate of drug-likeness (QED) is 0.475. The van der Waals surface area contributed by atoms with Crippen molar-refractivity contribution in [3.05, 3.63) is 53.9 Å². The van der Waals surface area contributed by atoms with Crippen molar-refractivity contribution in [2.75, 3.05) is 29.9 Å². The number of fused-ring (bicyclic) bond motifs is 2. The molecule has 0 radical (unpaired) electrons. The first-order valence-corrected chi connectivity index (χ1v) is 11.4. The molecule has 0 atom stereocenters. The number of carbonyl (C=O) groups excluding carboxylic acids is 1. The maximum Gasteiger partial charge on any atom is 0.257 e. The topological polar surface area (TPSA) is 79.5 Å². The highest BCUT2D eigenvalue weighted by atomic mass is 19.1. The van der Waals surface area contributed by atoms with Crippen molar-refractivity contribution in [3.8, 4) is 0 Å². The number of pyridine rings is 1. The third-order valence-electron chi connectivity index (χ3n) is 6.47. The van der Waals surface area contributed by atoms with Gasteiger partial charge >= 0.3 is 0 Å². The molecule has 0 bridgehead atoms. The van der Waals surface area contributed by atoms with Gasteiger partial charge in [0.25, 0.3) is 5.91 Å². The molecule has 0 unspecified atom stereocenters. The fourth-order valence-electron chi connectivity index (χ4n) is 4.63. The van der Waals surface area contributed by atoms with Crippen LogP contribution < -0.4 is 15.5 Å². The molecule has 6 rings (SSSR count). The van der Waals surface area contributed by atoms with Gasteiger partial charge in [-0.25, -0.2) is 9.37 Å². The van der Waals surface area contributed by atoms with Gasteiger partial charge in [0.15, 0.2) is 11.5 Å². The number of halogens is 1. The zero-order valence-electron chi connectivity index (χ0n) is 18.7. The third-order valence-corrected chi connectivity index (χ3v) is 6.47. The second-order valence-electron chi connectivity index (χ2n) is 9.29. The van der Waals surface area contributed by atoms with Gasteiger partial charge in [-0.3, -0.25) is 9.48 Å². The van der Waals surface area contributed by atoms with E-state index in [0.717, 1.165) is 36.7 Å². The fourth-order valence-corrected chi connectivity index (χ4v) is 4.63.